The number of hydrogen-bond donors (Lipinski definition) is 1. The molecular formula is C24H28N4O3. The minimum absolute atomic E-state index is 0.0963. The first kappa shape index (κ1) is 20.2. The van der Waals surface area contributed by atoms with E-state index in [1.54, 1.807) is 13.3 Å². The van der Waals surface area contributed by atoms with E-state index in [2.05, 4.69) is 44.1 Å². The Hall–Kier alpha value is -2.77. The minimum atomic E-state index is -0.993. The van der Waals surface area contributed by atoms with Crippen LogP contribution in [-0.4, -0.2) is 52.3 Å². The summed E-state index contributed by atoms with van der Waals surface area (Å²) in [5.74, 6) is 0.595. The Morgan fingerprint density at radius 2 is 1.87 bits per heavy atom. The molecule has 5 rings (SSSR count). The van der Waals surface area contributed by atoms with Gasteiger partial charge in [-0.05, 0) is 30.5 Å². The fourth-order valence-electron chi connectivity index (χ4n) is 5.54. The Kier molecular flexibility index (Phi) is 5.24. The summed E-state index contributed by atoms with van der Waals surface area (Å²) in [4.78, 5) is 15.6. The van der Waals surface area contributed by atoms with Gasteiger partial charge in [0, 0.05) is 49.2 Å². The Bertz CT molecular complexity index is 1070. The van der Waals surface area contributed by atoms with Gasteiger partial charge in [0.05, 0.1) is 25.3 Å². The van der Waals surface area contributed by atoms with Gasteiger partial charge in [0.25, 0.3) is 0 Å². The summed E-state index contributed by atoms with van der Waals surface area (Å²) in [5.41, 5.74) is 1.99. The number of nitrogens with zero attached hydrogens (tertiary/aromatic N) is 4. The molecule has 0 radical (unpaired) electrons. The predicted molar refractivity (Wildman–Crippen MR) is 117 cm³/mol. The highest BCUT2D eigenvalue weighted by Crippen LogP contribution is 2.51. The maximum Gasteiger partial charge on any atom is 0.319 e. The van der Waals surface area contributed by atoms with Crippen LogP contribution in [0.15, 0.2) is 42.7 Å². The molecular weight excluding hydrogens is 392 g/mol. The van der Waals surface area contributed by atoms with Crippen molar-refractivity contribution < 1.29 is 14.6 Å². The van der Waals surface area contributed by atoms with Crippen molar-refractivity contribution in [2.45, 2.75) is 31.4 Å². The summed E-state index contributed by atoms with van der Waals surface area (Å²) in [7, 11) is 3.10. The van der Waals surface area contributed by atoms with E-state index in [0.29, 0.717) is 11.4 Å². The molecule has 162 valence electrons. The van der Waals surface area contributed by atoms with Gasteiger partial charge in [-0.25, -0.2) is 4.98 Å². The Morgan fingerprint density at radius 3 is 2.61 bits per heavy atom. The molecule has 2 aromatic heterocycles. The Balaban J connectivity index is 1.45. The van der Waals surface area contributed by atoms with Gasteiger partial charge in [-0.2, -0.15) is 4.98 Å². The zero-order valence-electron chi connectivity index (χ0n) is 18.0. The van der Waals surface area contributed by atoms with Crippen molar-refractivity contribution in [2.75, 3.05) is 27.3 Å². The van der Waals surface area contributed by atoms with Crippen molar-refractivity contribution in [2.24, 2.45) is 11.8 Å². The average molecular weight is 421 g/mol. The highest BCUT2D eigenvalue weighted by atomic mass is 16.5. The van der Waals surface area contributed by atoms with Crippen molar-refractivity contribution >= 4 is 10.9 Å². The molecule has 7 nitrogen and oxygen atoms in total. The number of aliphatic hydroxyl groups is 1. The zero-order valence-corrected chi connectivity index (χ0v) is 18.0. The van der Waals surface area contributed by atoms with E-state index >= 15 is 0 Å². The number of methoxy groups -OCH3 is 2. The van der Waals surface area contributed by atoms with Crippen LogP contribution in [0, 0.1) is 11.8 Å². The number of benzene rings is 1. The average Bonchev–Trinajstić information content (AvgIpc) is 2.79. The fourth-order valence-corrected chi connectivity index (χ4v) is 5.54. The number of aromatic nitrogens is 3. The summed E-state index contributed by atoms with van der Waals surface area (Å²) in [6.45, 7) is 2.49. The number of likely N-dealkylation sites (tertiary alicyclic amines) is 1. The number of fused-ring (bicyclic) bond motifs is 3. The molecule has 1 aromatic carbocycles. The van der Waals surface area contributed by atoms with Crippen molar-refractivity contribution in [1.29, 1.82) is 0 Å². The van der Waals surface area contributed by atoms with Crippen LogP contribution in [0.1, 0.15) is 30.4 Å². The van der Waals surface area contributed by atoms with Gasteiger partial charge < -0.3 is 14.6 Å². The van der Waals surface area contributed by atoms with Crippen molar-refractivity contribution in [3.63, 3.8) is 0 Å². The lowest BCUT2D eigenvalue weighted by Crippen LogP contribution is -2.58. The van der Waals surface area contributed by atoms with Crippen molar-refractivity contribution in [3.05, 3.63) is 53.9 Å². The Morgan fingerprint density at radius 1 is 1.06 bits per heavy atom. The van der Waals surface area contributed by atoms with E-state index in [1.165, 1.54) is 18.1 Å². The van der Waals surface area contributed by atoms with Crippen LogP contribution in [0.2, 0.25) is 0 Å². The van der Waals surface area contributed by atoms with Crippen LogP contribution in [-0.2, 0) is 12.1 Å². The van der Waals surface area contributed by atoms with Crippen LogP contribution in [0.3, 0.4) is 0 Å². The normalized spacial score (nSPS) is 26.0. The van der Waals surface area contributed by atoms with Gasteiger partial charge in [-0.1, -0.05) is 24.6 Å². The van der Waals surface area contributed by atoms with Crippen LogP contribution in [0.4, 0.5) is 0 Å². The highest BCUT2D eigenvalue weighted by molar-refractivity contribution is 5.81. The molecule has 2 aliphatic rings. The number of piperidine rings is 1. The summed E-state index contributed by atoms with van der Waals surface area (Å²) >= 11 is 0. The molecule has 1 saturated carbocycles. The molecule has 1 aliphatic carbocycles. The molecule has 2 atom stereocenters. The minimum Gasteiger partial charge on any atom is -0.481 e. The maximum absolute atomic E-state index is 12.0. The molecule has 1 saturated heterocycles. The first-order valence-corrected chi connectivity index (χ1v) is 10.9. The van der Waals surface area contributed by atoms with Crippen LogP contribution >= 0.6 is 0 Å². The lowest BCUT2D eigenvalue weighted by Gasteiger charge is -2.53. The lowest BCUT2D eigenvalue weighted by atomic mass is 9.63. The molecule has 1 aliphatic heterocycles. The third-order valence-corrected chi connectivity index (χ3v) is 6.98. The lowest BCUT2D eigenvalue weighted by molar-refractivity contribution is -0.149. The molecule has 0 amide bonds. The molecule has 2 unspecified atom stereocenters. The van der Waals surface area contributed by atoms with E-state index in [9.17, 15) is 5.11 Å². The molecule has 2 bridgehead atoms. The molecule has 2 fully saturated rings. The first-order chi connectivity index (χ1) is 15.1. The van der Waals surface area contributed by atoms with E-state index < -0.39 is 5.60 Å². The van der Waals surface area contributed by atoms with Gasteiger partial charge in [0.15, 0.2) is 0 Å². The summed E-state index contributed by atoms with van der Waals surface area (Å²) < 4.78 is 10.7. The zero-order chi connectivity index (χ0) is 21.4. The third kappa shape index (κ3) is 3.42. The van der Waals surface area contributed by atoms with Gasteiger partial charge in [-0.3, -0.25) is 9.88 Å². The van der Waals surface area contributed by atoms with E-state index in [1.807, 2.05) is 12.3 Å². The van der Waals surface area contributed by atoms with E-state index in [-0.39, 0.29) is 17.8 Å². The summed E-state index contributed by atoms with van der Waals surface area (Å²) in [6, 6.07) is 10.7. The number of ether oxygens (including phenoxy) is 2. The van der Waals surface area contributed by atoms with Crippen LogP contribution < -0.4 is 9.47 Å². The van der Waals surface area contributed by atoms with Crippen LogP contribution in [0.25, 0.3) is 10.9 Å². The second-order valence-electron chi connectivity index (χ2n) is 8.61. The quantitative estimate of drug-likeness (QED) is 0.679. The number of pyridine rings is 1. The van der Waals surface area contributed by atoms with Crippen molar-refractivity contribution in [1.82, 2.24) is 19.9 Å². The molecule has 3 heterocycles. The smallest absolute Gasteiger partial charge is 0.319 e. The molecule has 0 spiro atoms. The number of hydrogen-bond acceptors (Lipinski definition) is 7. The van der Waals surface area contributed by atoms with Gasteiger partial charge in [0.1, 0.15) is 5.60 Å². The Labute approximate surface area is 182 Å². The van der Waals surface area contributed by atoms with Crippen LogP contribution in [0.5, 0.6) is 11.9 Å². The number of rotatable bonds is 5. The highest BCUT2D eigenvalue weighted by Gasteiger charge is 2.53. The maximum atomic E-state index is 12.0. The summed E-state index contributed by atoms with van der Waals surface area (Å²) in [5, 5.41) is 13.2. The summed E-state index contributed by atoms with van der Waals surface area (Å²) in [6.07, 6.45) is 6.58. The standard InChI is InChI=1S/C24H28N4O3/c1-30-22-20(12-26-23(27-22)31-2)24(29)17-7-4-8-18(24)15-28(14-17)13-16-6-3-10-21-19(16)9-5-11-25-21/h3,5-6,9-12,17-18,29H,4,7-8,13-15H2,1-2H3. The van der Waals surface area contributed by atoms with E-state index in [4.69, 9.17) is 9.47 Å². The van der Waals surface area contributed by atoms with Crippen molar-refractivity contribution in [3.8, 4) is 11.9 Å². The van der Waals surface area contributed by atoms with Gasteiger partial charge >= 0.3 is 6.01 Å². The molecule has 3 aromatic rings. The van der Waals surface area contributed by atoms with E-state index in [0.717, 1.165) is 44.4 Å². The SMILES string of the molecule is COc1ncc(C2(O)C3CCCC2CN(Cc2cccc4ncccc24)C3)c(OC)n1. The third-order valence-electron chi connectivity index (χ3n) is 6.98. The first-order valence-electron chi connectivity index (χ1n) is 10.9. The van der Waals surface area contributed by atoms with Gasteiger partial charge in [0.2, 0.25) is 5.88 Å². The van der Waals surface area contributed by atoms with Gasteiger partial charge in [-0.15, -0.1) is 0 Å². The molecule has 31 heavy (non-hydrogen) atoms. The second-order valence-corrected chi connectivity index (χ2v) is 8.61. The largest absolute Gasteiger partial charge is 0.481 e. The second kappa shape index (κ2) is 8.05. The predicted octanol–water partition coefficient (Wildman–Crippen LogP) is 3.16. The molecule has 7 heteroatoms. The fraction of sp³-hybridized carbons (Fsp3) is 0.458. The monoisotopic (exact) mass is 420 g/mol. The topological polar surface area (TPSA) is 80.6 Å². The molecule has 1 N–H and O–H groups in total.